The van der Waals surface area contributed by atoms with E-state index in [0.29, 0.717) is 0 Å². The largest absolute Gasteiger partial charge is 0.106 e. The molecular weight excluding hydrogens is 360 g/mol. The number of unbranched alkanes of at least 4 members (excludes halogenated alkanes) is 6. The van der Waals surface area contributed by atoms with Crippen molar-refractivity contribution < 1.29 is 0 Å². The van der Waals surface area contributed by atoms with Crippen LogP contribution in [0.4, 0.5) is 0 Å². The van der Waals surface area contributed by atoms with Crippen molar-refractivity contribution in [3.05, 3.63) is 34.4 Å². The van der Waals surface area contributed by atoms with Crippen LogP contribution < -0.4 is 0 Å². The van der Waals surface area contributed by atoms with E-state index in [0.717, 1.165) is 36.8 Å². The monoisotopic (exact) mass is 390 g/mol. The molecule has 1 rings (SSSR count). The van der Waals surface area contributed by atoms with Crippen LogP contribution in [0.2, 0.25) is 0 Å². The van der Waals surface area contributed by atoms with Crippen molar-refractivity contribution in [2.24, 2.45) is 0 Å². The van der Waals surface area contributed by atoms with E-state index in [-0.39, 0.29) is 0 Å². The van der Waals surface area contributed by atoms with Gasteiger partial charge in [0.15, 0.2) is 0 Å². The normalized spacial score (nSPS) is 8.53. The van der Waals surface area contributed by atoms with Gasteiger partial charge in [0.2, 0.25) is 0 Å². The van der Waals surface area contributed by atoms with Crippen molar-refractivity contribution in [1.29, 1.82) is 0 Å². The molecule has 150 valence electrons. The number of aryl methyl sites for hydroxylation is 2. The van der Waals surface area contributed by atoms with Crippen molar-refractivity contribution in [2.45, 2.75) is 78.1 Å². The van der Waals surface area contributed by atoms with Gasteiger partial charge in [0.05, 0.1) is 0 Å². The molecule has 0 saturated carbocycles. The maximum atomic E-state index is 5.19. The van der Waals surface area contributed by atoms with Gasteiger partial charge in [-0.05, 0) is 96.3 Å². The van der Waals surface area contributed by atoms with E-state index < -0.39 is 0 Å². The highest BCUT2D eigenvalue weighted by atomic mass is 14.1. The summed E-state index contributed by atoms with van der Waals surface area (Å²) in [5, 5.41) is 0. The second-order valence-electron chi connectivity index (χ2n) is 7.08. The zero-order valence-electron chi connectivity index (χ0n) is 18.4. The Balaban J connectivity index is 3.31. The molecule has 1 aromatic carbocycles. The average molecular weight is 391 g/mol. The lowest BCUT2D eigenvalue weighted by Gasteiger charge is -2.11. The minimum absolute atomic E-state index is 0.980. The van der Waals surface area contributed by atoms with E-state index in [1.54, 1.807) is 0 Å². The lowest BCUT2D eigenvalue weighted by molar-refractivity contribution is 0.662. The third-order valence-corrected chi connectivity index (χ3v) is 4.72. The van der Waals surface area contributed by atoms with Crippen LogP contribution in [0.1, 0.15) is 87.5 Å². The molecule has 30 heavy (non-hydrogen) atoms. The Labute approximate surface area is 184 Å². The highest BCUT2D eigenvalue weighted by Crippen LogP contribution is 2.21. The van der Waals surface area contributed by atoms with Crippen LogP contribution in [0.25, 0.3) is 0 Å². The summed E-state index contributed by atoms with van der Waals surface area (Å²) < 4.78 is 0. The first kappa shape index (κ1) is 24.6. The van der Waals surface area contributed by atoms with Gasteiger partial charge in [0.25, 0.3) is 0 Å². The third-order valence-electron chi connectivity index (χ3n) is 4.72. The second-order valence-corrected chi connectivity index (χ2v) is 7.08. The first-order chi connectivity index (χ1) is 14.8. The molecule has 0 spiro atoms. The third kappa shape index (κ3) is 10.2. The Morgan fingerprint density at radius 3 is 1.37 bits per heavy atom. The molecule has 0 aliphatic rings. The van der Waals surface area contributed by atoms with E-state index >= 15 is 0 Å². The molecule has 0 bridgehead atoms. The van der Waals surface area contributed by atoms with Crippen molar-refractivity contribution in [2.75, 3.05) is 0 Å². The van der Waals surface area contributed by atoms with Crippen LogP contribution in [0, 0.1) is 72.1 Å². The fourth-order valence-corrected chi connectivity index (χ4v) is 3.15. The summed E-state index contributed by atoms with van der Waals surface area (Å²) in [4.78, 5) is 0. The van der Waals surface area contributed by atoms with Gasteiger partial charge in [0, 0.05) is 11.1 Å². The summed E-state index contributed by atoms with van der Waals surface area (Å²) in [6.07, 6.45) is 22.0. The standard InChI is InChI=1S/C30H30/c1-5-9-13-17-21-27-25-29(23-19-15-11-7-3)30(24-20-16-12-8-4)26-28(27)22-18-14-10-6-2/h1,4,25-26H,6-7,10-11,14-15,18-19,22-23H2,2-3H3. The molecule has 0 N–H and O–H groups in total. The molecule has 0 nitrogen and oxygen atoms in total. The predicted octanol–water partition coefficient (Wildman–Crippen LogP) is 5.91. The van der Waals surface area contributed by atoms with Crippen LogP contribution >= 0.6 is 0 Å². The fraction of sp³-hybridized carbons (Fsp3) is 0.400. The Hall–Kier alpha value is -3.42. The highest BCUT2D eigenvalue weighted by molar-refractivity contribution is 5.55. The predicted molar refractivity (Wildman–Crippen MR) is 129 cm³/mol. The van der Waals surface area contributed by atoms with Gasteiger partial charge in [0.1, 0.15) is 0 Å². The van der Waals surface area contributed by atoms with Gasteiger partial charge in [-0.1, -0.05) is 64.2 Å². The van der Waals surface area contributed by atoms with Crippen LogP contribution in [0.3, 0.4) is 0 Å². The zero-order valence-corrected chi connectivity index (χ0v) is 18.4. The van der Waals surface area contributed by atoms with Crippen molar-refractivity contribution >= 4 is 0 Å². The van der Waals surface area contributed by atoms with Gasteiger partial charge < -0.3 is 0 Å². The Kier molecular flexibility index (Phi) is 13.6. The summed E-state index contributed by atoms with van der Waals surface area (Å²) in [5.74, 6) is 27.4. The van der Waals surface area contributed by atoms with E-state index in [1.807, 2.05) is 0 Å². The Morgan fingerprint density at radius 2 is 1.00 bits per heavy atom. The molecular formula is C30H30. The maximum absolute atomic E-state index is 5.19. The summed E-state index contributed by atoms with van der Waals surface area (Å²) in [5.41, 5.74) is 4.49. The summed E-state index contributed by atoms with van der Waals surface area (Å²) >= 11 is 0. The van der Waals surface area contributed by atoms with Crippen molar-refractivity contribution in [1.82, 2.24) is 0 Å². The van der Waals surface area contributed by atoms with Gasteiger partial charge in [-0.3, -0.25) is 0 Å². The van der Waals surface area contributed by atoms with Gasteiger partial charge >= 0.3 is 0 Å². The molecule has 0 heterocycles. The number of rotatable bonds is 10. The van der Waals surface area contributed by atoms with Crippen LogP contribution in [0.15, 0.2) is 12.1 Å². The summed E-state index contributed by atoms with van der Waals surface area (Å²) in [6, 6.07) is 4.37. The number of hydrogen-bond donors (Lipinski definition) is 0. The number of hydrogen-bond acceptors (Lipinski definition) is 0. The molecule has 0 heteroatoms. The first-order valence-corrected chi connectivity index (χ1v) is 10.9. The molecule has 0 fully saturated rings. The van der Waals surface area contributed by atoms with Crippen molar-refractivity contribution in [3.8, 4) is 72.1 Å². The first-order valence-electron chi connectivity index (χ1n) is 10.9. The van der Waals surface area contributed by atoms with E-state index in [4.69, 9.17) is 12.8 Å². The molecule has 0 unspecified atom stereocenters. The average Bonchev–Trinajstić information content (AvgIpc) is 2.76. The van der Waals surface area contributed by atoms with Crippen LogP contribution in [0.5, 0.6) is 0 Å². The molecule has 1 aromatic rings. The quantitative estimate of drug-likeness (QED) is 0.344. The Bertz CT molecular complexity index is 920. The van der Waals surface area contributed by atoms with E-state index in [1.165, 1.54) is 49.7 Å². The summed E-state index contributed by atoms with van der Waals surface area (Å²) in [7, 11) is 0. The van der Waals surface area contributed by atoms with Crippen molar-refractivity contribution in [3.63, 3.8) is 0 Å². The van der Waals surface area contributed by atoms with Crippen LogP contribution in [-0.2, 0) is 12.8 Å². The van der Waals surface area contributed by atoms with Gasteiger partial charge in [-0.25, -0.2) is 0 Å². The molecule has 0 aliphatic heterocycles. The molecule has 0 saturated heterocycles. The minimum Gasteiger partial charge on any atom is -0.106 e. The minimum atomic E-state index is 0.980. The number of terminal acetylenes is 2. The molecule has 0 amide bonds. The van der Waals surface area contributed by atoms with Gasteiger partial charge in [-0.2, -0.15) is 0 Å². The van der Waals surface area contributed by atoms with E-state index in [2.05, 4.69) is 85.2 Å². The maximum Gasteiger partial charge on any atom is 0.0291 e. The second kappa shape index (κ2) is 16.5. The topological polar surface area (TPSA) is 0 Å². The molecule has 0 aromatic heterocycles. The van der Waals surface area contributed by atoms with Gasteiger partial charge in [-0.15, -0.1) is 12.8 Å². The molecule has 0 radical (unpaired) electrons. The molecule has 0 atom stereocenters. The van der Waals surface area contributed by atoms with Crippen LogP contribution in [-0.4, -0.2) is 0 Å². The zero-order chi connectivity index (χ0) is 21.9. The Morgan fingerprint density at radius 1 is 0.567 bits per heavy atom. The summed E-state index contributed by atoms with van der Waals surface area (Å²) in [6.45, 7) is 4.44. The SMILES string of the molecule is C#CC#CC#Cc1cc(CCCCCC)c(C#CC#CC#C)cc1CCCCCC. The lowest BCUT2D eigenvalue weighted by atomic mass is 9.92. The fourth-order valence-electron chi connectivity index (χ4n) is 3.15. The highest BCUT2D eigenvalue weighted by Gasteiger charge is 2.08. The number of benzene rings is 1. The lowest BCUT2D eigenvalue weighted by Crippen LogP contribution is -1.99. The molecule has 0 aliphatic carbocycles. The smallest absolute Gasteiger partial charge is 0.0291 e. The van der Waals surface area contributed by atoms with E-state index in [9.17, 15) is 0 Å².